The van der Waals surface area contributed by atoms with Crippen molar-refractivity contribution in [2.75, 3.05) is 26.9 Å². The van der Waals surface area contributed by atoms with Crippen LogP contribution in [0.5, 0.6) is 5.75 Å². The molecule has 2 aromatic carbocycles. The number of benzene rings is 2. The molecule has 1 aliphatic rings. The van der Waals surface area contributed by atoms with Gasteiger partial charge in [-0.2, -0.15) is 0 Å². The topological polar surface area (TPSA) is 44.8 Å². The molecule has 0 heterocycles. The fourth-order valence-electron chi connectivity index (χ4n) is 3.59. The minimum atomic E-state index is -0.299. The Balaban J connectivity index is 1.97. The van der Waals surface area contributed by atoms with Crippen LogP contribution in [-0.4, -0.2) is 32.9 Å². The van der Waals surface area contributed by atoms with E-state index in [4.69, 9.17) is 14.2 Å². The van der Waals surface area contributed by atoms with Gasteiger partial charge < -0.3 is 14.2 Å². The van der Waals surface area contributed by atoms with Crippen LogP contribution in [0.1, 0.15) is 40.4 Å². The second-order valence-electron chi connectivity index (χ2n) is 6.54. The summed E-state index contributed by atoms with van der Waals surface area (Å²) in [5.74, 6) is 0.584. The average Bonchev–Trinajstić information content (AvgIpc) is 2.83. The summed E-state index contributed by atoms with van der Waals surface area (Å²) in [5, 5.41) is 0. The van der Waals surface area contributed by atoms with E-state index in [0.29, 0.717) is 25.4 Å². The van der Waals surface area contributed by atoms with E-state index in [0.717, 1.165) is 30.6 Å². The third-order valence-electron chi connectivity index (χ3n) is 4.78. The molecule has 0 atom stereocenters. The molecule has 0 spiro atoms. The van der Waals surface area contributed by atoms with Crippen LogP contribution in [0.25, 0.3) is 11.1 Å². The zero-order valence-electron chi connectivity index (χ0n) is 15.8. The molecule has 0 radical (unpaired) electrons. The number of hydrogen-bond donors (Lipinski definition) is 0. The maximum absolute atomic E-state index is 12.0. The van der Waals surface area contributed by atoms with Gasteiger partial charge in [-0.1, -0.05) is 6.07 Å². The van der Waals surface area contributed by atoms with Crippen LogP contribution >= 0.6 is 0 Å². The molecular weight excluding hydrogens is 328 g/mol. The Morgan fingerprint density at radius 1 is 1.08 bits per heavy atom. The van der Waals surface area contributed by atoms with Gasteiger partial charge in [-0.15, -0.1) is 0 Å². The molecular formula is C22H26O4. The zero-order valence-corrected chi connectivity index (χ0v) is 15.8. The molecule has 4 heteroatoms. The molecule has 3 rings (SSSR count). The van der Waals surface area contributed by atoms with Crippen molar-refractivity contribution < 1.29 is 19.0 Å². The van der Waals surface area contributed by atoms with Gasteiger partial charge in [0.25, 0.3) is 0 Å². The first-order valence-electron chi connectivity index (χ1n) is 9.19. The fourth-order valence-corrected chi connectivity index (χ4v) is 3.59. The number of carbonyl (C=O) groups is 1. The van der Waals surface area contributed by atoms with Crippen LogP contribution in [0.15, 0.2) is 30.3 Å². The van der Waals surface area contributed by atoms with E-state index in [2.05, 4.69) is 25.1 Å². The smallest absolute Gasteiger partial charge is 0.337 e. The summed E-state index contributed by atoms with van der Waals surface area (Å²) < 4.78 is 16.1. The normalized spacial score (nSPS) is 12.7. The van der Waals surface area contributed by atoms with Gasteiger partial charge in [0.15, 0.2) is 0 Å². The minimum absolute atomic E-state index is 0.299. The second-order valence-corrected chi connectivity index (χ2v) is 6.54. The van der Waals surface area contributed by atoms with Crippen LogP contribution in [-0.2, 0) is 22.3 Å². The van der Waals surface area contributed by atoms with Crippen molar-refractivity contribution in [1.82, 2.24) is 0 Å². The highest BCUT2D eigenvalue weighted by atomic mass is 16.5. The SMILES string of the molecule is CCOCCOc1cc(C)c2c(c1)CCCc1ccc(C(=O)OC)cc1-2. The molecule has 138 valence electrons. The molecule has 0 bridgehead atoms. The highest BCUT2D eigenvalue weighted by Gasteiger charge is 2.19. The first kappa shape index (κ1) is 18.5. The lowest BCUT2D eigenvalue weighted by Crippen LogP contribution is -2.07. The summed E-state index contributed by atoms with van der Waals surface area (Å²) >= 11 is 0. The van der Waals surface area contributed by atoms with E-state index in [1.165, 1.54) is 29.4 Å². The molecule has 4 nitrogen and oxygen atoms in total. The summed E-state index contributed by atoms with van der Waals surface area (Å²) in [6.45, 7) is 5.93. The molecule has 0 saturated carbocycles. The van der Waals surface area contributed by atoms with Crippen molar-refractivity contribution >= 4 is 5.97 Å². The maximum atomic E-state index is 12.0. The third kappa shape index (κ3) is 3.91. The Bertz CT molecular complexity index is 795. The first-order valence-corrected chi connectivity index (χ1v) is 9.19. The minimum Gasteiger partial charge on any atom is -0.491 e. The number of ether oxygens (including phenoxy) is 3. The fraction of sp³-hybridized carbons (Fsp3) is 0.409. The zero-order chi connectivity index (χ0) is 18.5. The standard InChI is InChI=1S/C22H26O4/c1-4-25-10-11-26-19-12-15(2)21-17(13-19)7-5-6-16-8-9-18(14-20(16)21)22(23)24-3/h8-9,12-14H,4-7,10-11H2,1-3H3. The van der Waals surface area contributed by atoms with E-state index in [1.807, 2.05) is 19.1 Å². The van der Waals surface area contributed by atoms with Crippen LogP contribution in [0.2, 0.25) is 0 Å². The summed E-state index contributed by atoms with van der Waals surface area (Å²) in [6.07, 6.45) is 3.09. The third-order valence-corrected chi connectivity index (χ3v) is 4.78. The summed E-state index contributed by atoms with van der Waals surface area (Å²) in [5.41, 5.74) is 6.68. The van der Waals surface area contributed by atoms with Gasteiger partial charge >= 0.3 is 5.97 Å². The number of fused-ring (bicyclic) bond motifs is 3. The molecule has 0 aromatic heterocycles. The van der Waals surface area contributed by atoms with Gasteiger partial charge in [0.1, 0.15) is 12.4 Å². The van der Waals surface area contributed by atoms with E-state index >= 15 is 0 Å². The van der Waals surface area contributed by atoms with Crippen molar-refractivity contribution in [3.8, 4) is 16.9 Å². The van der Waals surface area contributed by atoms with Crippen molar-refractivity contribution in [3.63, 3.8) is 0 Å². The summed E-state index contributed by atoms with van der Waals surface area (Å²) in [7, 11) is 1.42. The lowest BCUT2D eigenvalue weighted by atomic mass is 9.91. The van der Waals surface area contributed by atoms with E-state index in [1.54, 1.807) is 0 Å². The van der Waals surface area contributed by atoms with Crippen LogP contribution < -0.4 is 4.74 Å². The molecule has 26 heavy (non-hydrogen) atoms. The second kappa shape index (κ2) is 8.37. The predicted molar refractivity (Wildman–Crippen MR) is 102 cm³/mol. The Labute approximate surface area is 155 Å². The Morgan fingerprint density at radius 2 is 1.88 bits per heavy atom. The molecule has 0 unspecified atom stereocenters. The van der Waals surface area contributed by atoms with Gasteiger partial charge in [-0.25, -0.2) is 4.79 Å². The van der Waals surface area contributed by atoms with Crippen molar-refractivity contribution in [2.24, 2.45) is 0 Å². The average molecular weight is 354 g/mol. The predicted octanol–water partition coefficient (Wildman–Crippen LogP) is 4.35. The molecule has 1 aliphatic carbocycles. The number of aryl methyl sites for hydroxylation is 3. The van der Waals surface area contributed by atoms with Crippen LogP contribution in [0.4, 0.5) is 0 Å². The molecule has 2 aromatic rings. The Hall–Kier alpha value is -2.33. The molecule has 0 saturated heterocycles. The molecule has 0 fully saturated rings. The quantitative estimate of drug-likeness (QED) is 0.571. The monoisotopic (exact) mass is 354 g/mol. The summed E-state index contributed by atoms with van der Waals surface area (Å²) in [4.78, 5) is 12.0. The van der Waals surface area contributed by atoms with Crippen LogP contribution in [0, 0.1) is 6.92 Å². The first-order chi connectivity index (χ1) is 12.6. The highest BCUT2D eigenvalue weighted by Crippen LogP contribution is 2.38. The lowest BCUT2D eigenvalue weighted by Gasteiger charge is -2.16. The number of carbonyl (C=O) groups excluding carboxylic acids is 1. The Kier molecular flexibility index (Phi) is 5.94. The van der Waals surface area contributed by atoms with Gasteiger partial charge in [0.05, 0.1) is 19.3 Å². The molecule has 0 aliphatic heterocycles. The highest BCUT2D eigenvalue weighted by molar-refractivity contribution is 5.92. The van der Waals surface area contributed by atoms with Crippen molar-refractivity contribution in [1.29, 1.82) is 0 Å². The largest absolute Gasteiger partial charge is 0.491 e. The maximum Gasteiger partial charge on any atom is 0.337 e. The van der Waals surface area contributed by atoms with Crippen molar-refractivity contribution in [3.05, 3.63) is 52.6 Å². The van der Waals surface area contributed by atoms with Crippen LogP contribution in [0.3, 0.4) is 0 Å². The lowest BCUT2D eigenvalue weighted by molar-refractivity contribution is 0.0601. The summed E-state index contributed by atoms with van der Waals surface area (Å²) in [6, 6.07) is 10.1. The van der Waals surface area contributed by atoms with E-state index in [-0.39, 0.29) is 5.97 Å². The molecule has 0 amide bonds. The number of rotatable bonds is 6. The molecule has 0 N–H and O–H groups in total. The Morgan fingerprint density at radius 3 is 2.65 bits per heavy atom. The van der Waals surface area contributed by atoms with Gasteiger partial charge in [-0.05, 0) is 85.2 Å². The van der Waals surface area contributed by atoms with E-state index < -0.39 is 0 Å². The number of hydrogen-bond acceptors (Lipinski definition) is 4. The van der Waals surface area contributed by atoms with Crippen molar-refractivity contribution in [2.45, 2.75) is 33.1 Å². The number of esters is 1. The van der Waals surface area contributed by atoms with Gasteiger partial charge in [0, 0.05) is 6.61 Å². The van der Waals surface area contributed by atoms with E-state index in [9.17, 15) is 4.79 Å². The van der Waals surface area contributed by atoms with Gasteiger partial charge in [0.2, 0.25) is 0 Å². The van der Waals surface area contributed by atoms with Gasteiger partial charge in [-0.3, -0.25) is 0 Å². The number of methoxy groups -OCH3 is 1.